The van der Waals surface area contributed by atoms with Crippen LogP contribution in [0.1, 0.15) is 17.3 Å². The molecule has 0 radical (unpaired) electrons. The van der Waals surface area contributed by atoms with Gasteiger partial charge in [0.2, 0.25) is 5.91 Å². The third-order valence-corrected chi connectivity index (χ3v) is 4.51. The van der Waals surface area contributed by atoms with E-state index >= 15 is 0 Å². The smallest absolute Gasteiger partial charge is 0.248 e. The number of pyridine rings is 1. The van der Waals surface area contributed by atoms with E-state index in [2.05, 4.69) is 15.6 Å². The fraction of sp³-hybridized carbons (Fsp3) is 0.250. The maximum Gasteiger partial charge on any atom is 0.248 e. The van der Waals surface area contributed by atoms with Crippen molar-refractivity contribution in [3.05, 3.63) is 66.0 Å². The van der Waals surface area contributed by atoms with Crippen LogP contribution in [0.15, 0.2) is 54.7 Å². The van der Waals surface area contributed by atoms with Crippen LogP contribution in [0, 0.1) is 0 Å². The highest BCUT2D eigenvalue weighted by molar-refractivity contribution is 8.00. The number of nitrogens with zero attached hydrogens (tertiary/aromatic N) is 1. The van der Waals surface area contributed by atoms with Crippen molar-refractivity contribution in [1.29, 1.82) is 0 Å². The second-order valence-electron chi connectivity index (χ2n) is 4.81. The lowest BCUT2D eigenvalue weighted by Crippen LogP contribution is -2.41. The molecule has 1 amide bonds. The fourth-order valence-electron chi connectivity index (χ4n) is 2.33. The number of thioether (sulfide) groups is 1. The summed E-state index contributed by atoms with van der Waals surface area (Å²) in [5.74, 6) is 0.981. The molecular formula is C16H18ClN3OS. The van der Waals surface area contributed by atoms with Gasteiger partial charge in [-0.1, -0.05) is 36.4 Å². The summed E-state index contributed by atoms with van der Waals surface area (Å²) in [5.41, 5.74) is 1.88. The van der Waals surface area contributed by atoms with Crippen molar-refractivity contribution >= 4 is 30.1 Å². The number of hydrogen-bond acceptors (Lipinski definition) is 4. The average molecular weight is 336 g/mol. The number of amides is 1. The zero-order valence-corrected chi connectivity index (χ0v) is 13.6. The molecule has 0 unspecified atom stereocenters. The summed E-state index contributed by atoms with van der Waals surface area (Å²) in [5, 5.41) is 6.14. The van der Waals surface area contributed by atoms with Gasteiger partial charge >= 0.3 is 0 Å². The number of halogens is 1. The second kappa shape index (κ2) is 8.17. The van der Waals surface area contributed by atoms with Crippen LogP contribution >= 0.6 is 24.2 Å². The summed E-state index contributed by atoms with van der Waals surface area (Å²) >= 11 is 1.64. The lowest BCUT2D eigenvalue weighted by atomic mass is 10.0. The summed E-state index contributed by atoms with van der Waals surface area (Å²) in [4.78, 5) is 16.8. The number of nitrogens with one attached hydrogen (secondary N) is 2. The minimum atomic E-state index is -0.220. The molecule has 22 heavy (non-hydrogen) atoms. The first-order valence-corrected chi connectivity index (χ1v) is 8.01. The number of carbonyl (C=O) groups excluding carboxylic acids is 1. The van der Waals surface area contributed by atoms with Gasteiger partial charge in [-0.05, 0) is 17.7 Å². The van der Waals surface area contributed by atoms with E-state index in [0.29, 0.717) is 0 Å². The van der Waals surface area contributed by atoms with Gasteiger partial charge in [0, 0.05) is 18.5 Å². The molecule has 1 aromatic heterocycles. The Morgan fingerprint density at radius 2 is 2.00 bits per heavy atom. The summed E-state index contributed by atoms with van der Waals surface area (Å²) in [6.07, 6.45) is 1.75. The number of aromatic nitrogens is 1. The molecule has 2 atom stereocenters. The monoisotopic (exact) mass is 335 g/mol. The Kier molecular flexibility index (Phi) is 6.24. The van der Waals surface area contributed by atoms with Crippen molar-refractivity contribution in [2.45, 2.75) is 11.4 Å². The Hall–Kier alpha value is -1.56. The van der Waals surface area contributed by atoms with Crippen molar-refractivity contribution in [3.63, 3.8) is 0 Å². The molecule has 3 rings (SSSR count). The zero-order chi connectivity index (χ0) is 14.5. The van der Waals surface area contributed by atoms with Crippen molar-refractivity contribution in [3.8, 4) is 0 Å². The number of carbonyl (C=O) groups is 1. The van der Waals surface area contributed by atoms with Crippen LogP contribution in [0.4, 0.5) is 0 Å². The van der Waals surface area contributed by atoms with E-state index in [9.17, 15) is 4.79 Å². The van der Waals surface area contributed by atoms with Gasteiger partial charge in [-0.25, -0.2) is 0 Å². The first kappa shape index (κ1) is 16.8. The maximum absolute atomic E-state index is 12.4. The van der Waals surface area contributed by atoms with E-state index in [1.54, 1.807) is 18.0 Å². The van der Waals surface area contributed by atoms with E-state index in [4.69, 9.17) is 0 Å². The molecule has 2 N–H and O–H groups in total. The molecule has 1 aliphatic rings. The van der Waals surface area contributed by atoms with Crippen molar-refractivity contribution in [1.82, 2.24) is 15.6 Å². The van der Waals surface area contributed by atoms with Crippen LogP contribution in [-0.2, 0) is 4.79 Å². The molecule has 116 valence electrons. The Morgan fingerprint density at radius 3 is 2.64 bits per heavy atom. The largest absolute Gasteiger partial charge is 0.341 e. The second-order valence-corrected chi connectivity index (χ2v) is 6.02. The maximum atomic E-state index is 12.4. The normalized spacial score (nSPS) is 18.3. The standard InChI is InChI=1S/C16H17N3OS.ClH/c20-15(16-18-10-11-21-16)19-14(12-6-2-1-3-7-12)13-8-4-5-9-17-13;/h1-9,14,16,18H,10-11H2,(H,19,20);1H/t14-,16+;/m1./s1. The van der Waals surface area contributed by atoms with Gasteiger partial charge in [0.25, 0.3) is 0 Å². The number of rotatable bonds is 4. The minimum absolute atomic E-state index is 0. The van der Waals surface area contributed by atoms with Gasteiger partial charge in [0.15, 0.2) is 0 Å². The van der Waals surface area contributed by atoms with Crippen molar-refractivity contribution in [2.24, 2.45) is 0 Å². The van der Waals surface area contributed by atoms with E-state index in [1.165, 1.54) is 0 Å². The summed E-state index contributed by atoms with van der Waals surface area (Å²) in [6, 6.07) is 15.5. The highest BCUT2D eigenvalue weighted by Gasteiger charge is 2.26. The molecule has 1 aliphatic heterocycles. The van der Waals surface area contributed by atoms with Crippen molar-refractivity contribution < 1.29 is 4.79 Å². The van der Waals surface area contributed by atoms with Crippen LogP contribution < -0.4 is 10.6 Å². The molecule has 0 bridgehead atoms. The van der Waals surface area contributed by atoms with Crippen LogP contribution in [0.3, 0.4) is 0 Å². The van der Waals surface area contributed by atoms with Crippen LogP contribution in [0.2, 0.25) is 0 Å². The molecule has 1 saturated heterocycles. The lowest BCUT2D eigenvalue weighted by Gasteiger charge is -2.20. The Labute approximate surface area is 140 Å². The van der Waals surface area contributed by atoms with E-state index < -0.39 is 0 Å². The molecular weight excluding hydrogens is 318 g/mol. The third kappa shape index (κ3) is 4.00. The van der Waals surface area contributed by atoms with Gasteiger partial charge in [-0.3, -0.25) is 15.1 Å². The van der Waals surface area contributed by atoms with Gasteiger partial charge in [-0.2, -0.15) is 0 Å². The van der Waals surface area contributed by atoms with Gasteiger partial charge < -0.3 is 5.32 Å². The quantitative estimate of drug-likeness (QED) is 0.900. The van der Waals surface area contributed by atoms with Crippen molar-refractivity contribution in [2.75, 3.05) is 12.3 Å². The summed E-state index contributed by atoms with van der Waals surface area (Å²) in [6.45, 7) is 0.877. The van der Waals surface area contributed by atoms with Gasteiger partial charge in [0.05, 0.1) is 11.7 Å². The number of hydrogen-bond donors (Lipinski definition) is 2. The predicted molar refractivity (Wildman–Crippen MR) is 92.2 cm³/mol. The summed E-state index contributed by atoms with van der Waals surface area (Å²) < 4.78 is 0. The third-order valence-electron chi connectivity index (χ3n) is 3.36. The van der Waals surface area contributed by atoms with E-state index in [-0.39, 0.29) is 29.7 Å². The van der Waals surface area contributed by atoms with Gasteiger partial charge in [-0.15, -0.1) is 24.2 Å². The Balaban J connectivity index is 0.00000176. The first-order valence-electron chi connectivity index (χ1n) is 6.96. The zero-order valence-electron chi connectivity index (χ0n) is 11.9. The molecule has 0 spiro atoms. The highest BCUT2D eigenvalue weighted by Crippen LogP contribution is 2.22. The molecule has 4 nitrogen and oxygen atoms in total. The van der Waals surface area contributed by atoms with Crippen LogP contribution in [0.5, 0.6) is 0 Å². The average Bonchev–Trinajstić information content (AvgIpc) is 3.09. The minimum Gasteiger partial charge on any atom is -0.341 e. The topological polar surface area (TPSA) is 54.0 Å². The molecule has 0 saturated carbocycles. The molecule has 1 fully saturated rings. The molecule has 1 aromatic carbocycles. The highest BCUT2D eigenvalue weighted by atomic mass is 35.5. The molecule has 2 heterocycles. The first-order chi connectivity index (χ1) is 10.3. The van der Waals surface area contributed by atoms with E-state index in [1.807, 2.05) is 48.5 Å². The van der Waals surface area contributed by atoms with Crippen LogP contribution in [-0.4, -0.2) is 28.6 Å². The fourth-order valence-corrected chi connectivity index (χ4v) is 3.26. The Morgan fingerprint density at radius 1 is 1.23 bits per heavy atom. The number of benzene rings is 1. The van der Waals surface area contributed by atoms with Gasteiger partial charge in [0.1, 0.15) is 5.37 Å². The lowest BCUT2D eigenvalue weighted by molar-refractivity contribution is -0.121. The predicted octanol–water partition coefficient (Wildman–Crippen LogP) is 2.37. The molecule has 0 aliphatic carbocycles. The van der Waals surface area contributed by atoms with E-state index in [0.717, 1.165) is 23.6 Å². The summed E-state index contributed by atoms with van der Waals surface area (Å²) in [7, 11) is 0. The molecule has 2 aromatic rings. The Bertz CT molecular complexity index is 551. The SMILES string of the molecule is Cl.O=C(N[C@H](c1ccccc1)c1ccccn1)[C@H]1NCCS1. The molecule has 6 heteroatoms. The van der Waals surface area contributed by atoms with Crippen LogP contribution in [0.25, 0.3) is 0 Å².